The number of methoxy groups -OCH3 is 2. The van der Waals surface area contributed by atoms with E-state index < -0.39 is 10.9 Å². The zero-order valence-electron chi connectivity index (χ0n) is 8.87. The van der Waals surface area contributed by atoms with Crippen molar-refractivity contribution in [3.8, 4) is 0 Å². The molecule has 0 aliphatic carbocycles. The van der Waals surface area contributed by atoms with Gasteiger partial charge in [-0.2, -0.15) is 5.10 Å². The summed E-state index contributed by atoms with van der Waals surface area (Å²) in [7, 11) is 2.64. The molecule has 0 saturated heterocycles. The molecule has 1 aromatic heterocycles. The minimum absolute atomic E-state index is 0.302. The van der Waals surface area contributed by atoms with Gasteiger partial charge in [-0.05, 0) is 0 Å². The van der Waals surface area contributed by atoms with Gasteiger partial charge in [0, 0.05) is 7.11 Å². The Bertz CT molecular complexity index is 400. The second-order valence-electron chi connectivity index (χ2n) is 2.87. The average molecular weight is 229 g/mol. The molecule has 1 aromatic rings. The van der Waals surface area contributed by atoms with Gasteiger partial charge in [0.25, 0.3) is 0 Å². The molecule has 0 bridgehead atoms. The van der Waals surface area contributed by atoms with Crippen molar-refractivity contribution in [2.45, 2.75) is 6.54 Å². The highest BCUT2D eigenvalue weighted by atomic mass is 16.6. The summed E-state index contributed by atoms with van der Waals surface area (Å²) in [6.07, 6.45) is 1.17. The zero-order valence-corrected chi connectivity index (χ0v) is 8.87. The van der Waals surface area contributed by atoms with Crippen molar-refractivity contribution in [2.24, 2.45) is 0 Å². The van der Waals surface area contributed by atoms with Crippen LogP contribution in [-0.4, -0.2) is 41.5 Å². The van der Waals surface area contributed by atoms with Crippen LogP contribution in [0.25, 0.3) is 0 Å². The summed E-state index contributed by atoms with van der Waals surface area (Å²) in [5.41, 5.74) is -0.674. The molecule has 0 atom stereocenters. The molecule has 88 valence electrons. The molecule has 0 spiro atoms. The fraction of sp³-hybridized carbons (Fsp3) is 0.500. The molecule has 0 aliphatic rings. The highest BCUT2D eigenvalue weighted by Gasteiger charge is 2.26. The van der Waals surface area contributed by atoms with Crippen molar-refractivity contribution in [2.75, 3.05) is 20.8 Å². The maximum Gasteiger partial charge on any atom is 0.365 e. The Morgan fingerprint density at radius 1 is 1.62 bits per heavy atom. The highest BCUT2D eigenvalue weighted by Crippen LogP contribution is 2.17. The van der Waals surface area contributed by atoms with Gasteiger partial charge < -0.3 is 9.47 Å². The second kappa shape index (κ2) is 5.21. The first-order valence-corrected chi connectivity index (χ1v) is 4.39. The molecule has 0 amide bonds. The fourth-order valence-corrected chi connectivity index (χ4v) is 1.09. The van der Waals surface area contributed by atoms with E-state index in [1.807, 2.05) is 0 Å². The number of hydrogen-bond donors (Lipinski definition) is 0. The van der Waals surface area contributed by atoms with Gasteiger partial charge in [-0.25, -0.2) is 4.79 Å². The maximum absolute atomic E-state index is 11.2. The summed E-state index contributed by atoms with van der Waals surface area (Å²) in [6.45, 7) is 0.674. The standard InChI is InChI=1S/C8H11N3O5/c1-15-4-3-10-5-6(11(13)14)7(9-10)8(12)16-2/h5H,3-4H2,1-2H3. The highest BCUT2D eigenvalue weighted by molar-refractivity contribution is 5.91. The number of hydrogen-bond acceptors (Lipinski definition) is 6. The van der Waals surface area contributed by atoms with Crippen LogP contribution in [0.15, 0.2) is 6.20 Å². The lowest BCUT2D eigenvalue weighted by atomic mass is 10.4. The number of ether oxygens (including phenoxy) is 2. The third-order valence-electron chi connectivity index (χ3n) is 1.84. The summed E-state index contributed by atoms with van der Waals surface area (Å²) in [4.78, 5) is 21.2. The van der Waals surface area contributed by atoms with Crippen LogP contribution in [0, 0.1) is 10.1 Å². The van der Waals surface area contributed by atoms with Crippen LogP contribution in [0.1, 0.15) is 10.5 Å². The van der Waals surface area contributed by atoms with E-state index in [0.717, 1.165) is 7.11 Å². The summed E-state index contributed by atoms with van der Waals surface area (Å²) in [6, 6.07) is 0. The van der Waals surface area contributed by atoms with Gasteiger partial charge in [-0.15, -0.1) is 0 Å². The summed E-state index contributed by atoms with van der Waals surface area (Å²) in [5, 5.41) is 14.4. The summed E-state index contributed by atoms with van der Waals surface area (Å²) >= 11 is 0. The zero-order chi connectivity index (χ0) is 12.1. The minimum Gasteiger partial charge on any atom is -0.464 e. The first-order chi connectivity index (χ1) is 7.60. The molecule has 0 N–H and O–H groups in total. The SMILES string of the molecule is COCCn1cc([N+](=O)[O-])c(C(=O)OC)n1. The quantitative estimate of drug-likeness (QED) is 0.407. The lowest BCUT2D eigenvalue weighted by molar-refractivity contribution is -0.385. The second-order valence-corrected chi connectivity index (χ2v) is 2.87. The van der Waals surface area contributed by atoms with Gasteiger partial charge in [-0.3, -0.25) is 14.8 Å². The molecule has 16 heavy (non-hydrogen) atoms. The maximum atomic E-state index is 11.2. The van der Waals surface area contributed by atoms with Crippen LogP contribution in [0.2, 0.25) is 0 Å². The molecular weight excluding hydrogens is 218 g/mol. The predicted molar refractivity (Wildman–Crippen MR) is 52.1 cm³/mol. The van der Waals surface area contributed by atoms with E-state index in [1.165, 1.54) is 18.0 Å². The normalized spacial score (nSPS) is 10.1. The molecule has 0 unspecified atom stereocenters. The third kappa shape index (κ3) is 2.54. The van der Waals surface area contributed by atoms with Gasteiger partial charge in [0.05, 0.1) is 25.2 Å². The molecule has 0 saturated carbocycles. The van der Waals surface area contributed by atoms with E-state index >= 15 is 0 Å². The summed E-state index contributed by atoms with van der Waals surface area (Å²) < 4.78 is 10.5. The van der Waals surface area contributed by atoms with E-state index in [-0.39, 0.29) is 11.4 Å². The molecule has 0 fully saturated rings. The first-order valence-electron chi connectivity index (χ1n) is 4.39. The Morgan fingerprint density at radius 3 is 2.81 bits per heavy atom. The van der Waals surface area contributed by atoms with Crippen molar-refractivity contribution in [1.29, 1.82) is 0 Å². The van der Waals surface area contributed by atoms with E-state index in [9.17, 15) is 14.9 Å². The number of aromatic nitrogens is 2. The topological polar surface area (TPSA) is 96.5 Å². The van der Waals surface area contributed by atoms with Crippen LogP contribution >= 0.6 is 0 Å². The van der Waals surface area contributed by atoms with Crippen molar-refractivity contribution < 1.29 is 19.2 Å². The average Bonchev–Trinajstić information content (AvgIpc) is 2.69. The number of esters is 1. The molecule has 0 aliphatic heterocycles. The molecule has 0 radical (unpaired) electrons. The van der Waals surface area contributed by atoms with E-state index in [0.29, 0.717) is 13.2 Å². The third-order valence-corrected chi connectivity index (χ3v) is 1.84. The van der Waals surface area contributed by atoms with E-state index in [4.69, 9.17) is 4.74 Å². The van der Waals surface area contributed by atoms with Gasteiger partial charge in [0.2, 0.25) is 5.69 Å². The molecule has 8 nitrogen and oxygen atoms in total. The van der Waals surface area contributed by atoms with Gasteiger partial charge >= 0.3 is 11.7 Å². The van der Waals surface area contributed by atoms with Crippen molar-refractivity contribution in [3.63, 3.8) is 0 Å². The Hall–Kier alpha value is -1.96. The number of carbonyl (C=O) groups excluding carboxylic acids is 1. The van der Waals surface area contributed by atoms with Crippen molar-refractivity contribution in [3.05, 3.63) is 22.0 Å². The molecular formula is C8H11N3O5. The molecule has 8 heteroatoms. The monoisotopic (exact) mass is 229 g/mol. The predicted octanol–water partition coefficient (Wildman–Crippen LogP) is 0.224. The van der Waals surface area contributed by atoms with Crippen molar-refractivity contribution >= 4 is 11.7 Å². The Morgan fingerprint density at radius 2 is 2.31 bits per heavy atom. The number of nitrogens with zero attached hydrogens (tertiary/aromatic N) is 3. The smallest absolute Gasteiger partial charge is 0.365 e. The molecule has 0 aromatic carbocycles. The van der Waals surface area contributed by atoms with Crippen LogP contribution < -0.4 is 0 Å². The van der Waals surface area contributed by atoms with Crippen LogP contribution in [-0.2, 0) is 16.0 Å². The van der Waals surface area contributed by atoms with Gasteiger partial charge in [0.1, 0.15) is 6.20 Å². The lowest BCUT2D eigenvalue weighted by Crippen LogP contribution is -2.08. The number of carbonyl (C=O) groups is 1. The van der Waals surface area contributed by atoms with Crippen molar-refractivity contribution in [1.82, 2.24) is 9.78 Å². The number of nitro groups is 1. The number of rotatable bonds is 5. The Labute approximate surface area is 90.9 Å². The van der Waals surface area contributed by atoms with Crippen LogP contribution in [0.5, 0.6) is 0 Å². The van der Waals surface area contributed by atoms with Crippen LogP contribution in [0.3, 0.4) is 0 Å². The summed E-state index contributed by atoms with van der Waals surface area (Å²) in [5.74, 6) is -0.831. The largest absolute Gasteiger partial charge is 0.464 e. The lowest BCUT2D eigenvalue weighted by Gasteiger charge is -1.97. The molecule has 1 rings (SSSR count). The van der Waals surface area contributed by atoms with Gasteiger partial charge in [-0.1, -0.05) is 0 Å². The Kier molecular flexibility index (Phi) is 3.95. The van der Waals surface area contributed by atoms with E-state index in [2.05, 4.69) is 9.84 Å². The fourth-order valence-electron chi connectivity index (χ4n) is 1.09. The Balaban J connectivity index is 3.00. The first kappa shape index (κ1) is 12.1. The molecule has 1 heterocycles. The van der Waals surface area contributed by atoms with Crippen LogP contribution in [0.4, 0.5) is 5.69 Å². The van der Waals surface area contributed by atoms with Gasteiger partial charge in [0.15, 0.2) is 0 Å². The minimum atomic E-state index is -0.831. The van der Waals surface area contributed by atoms with E-state index in [1.54, 1.807) is 0 Å².